The number of likely N-dealkylation sites (tertiary alicyclic amines) is 1. The van der Waals surface area contributed by atoms with Crippen molar-refractivity contribution in [3.63, 3.8) is 0 Å². The smallest absolute Gasteiger partial charge is 0.238 e. The van der Waals surface area contributed by atoms with E-state index in [0.29, 0.717) is 19.4 Å². The van der Waals surface area contributed by atoms with Crippen LogP contribution in [0.4, 0.5) is 11.4 Å². The van der Waals surface area contributed by atoms with Crippen LogP contribution in [0.3, 0.4) is 0 Å². The number of nitrogens with zero attached hydrogens (tertiary/aromatic N) is 3. The van der Waals surface area contributed by atoms with Gasteiger partial charge in [-0.25, -0.2) is 0 Å². The van der Waals surface area contributed by atoms with Crippen molar-refractivity contribution in [3.05, 3.63) is 42.2 Å². The highest BCUT2D eigenvalue weighted by Gasteiger charge is 2.14. The minimum atomic E-state index is -0.0434. The predicted octanol–water partition coefficient (Wildman–Crippen LogP) is 2.42. The molecule has 0 saturated carbocycles. The second kappa shape index (κ2) is 9.32. The van der Waals surface area contributed by atoms with Gasteiger partial charge in [-0.05, 0) is 62.7 Å². The molecule has 1 aromatic carbocycles. The summed E-state index contributed by atoms with van der Waals surface area (Å²) in [7, 11) is 1.87. The summed E-state index contributed by atoms with van der Waals surface area (Å²) in [6.07, 6.45) is 6.37. The number of aromatic nitrogens is 2. The standard InChI is InChI=1S/C20H27N5O2/c1-24-18(11-12-21-24)9-10-19(26)22-16-5-7-17(8-6-16)23-20(27)15-25-13-3-2-4-14-25/h5-8,11-12H,2-4,9-10,13-15H2,1H3,(H,22,26)(H,23,27). The van der Waals surface area contributed by atoms with Crippen LogP contribution in [-0.4, -0.2) is 46.1 Å². The van der Waals surface area contributed by atoms with Crippen molar-refractivity contribution in [1.82, 2.24) is 14.7 Å². The highest BCUT2D eigenvalue weighted by Crippen LogP contribution is 2.15. The Morgan fingerprint density at radius 3 is 2.19 bits per heavy atom. The van der Waals surface area contributed by atoms with Gasteiger partial charge in [-0.15, -0.1) is 0 Å². The summed E-state index contributed by atoms with van der Waals surface area (Å²) in [5.74, 6) is -0.0389. The third-order valence-corrected chi connectivity index (χ3v) is 4.80. The Kier molecular flexibility index (Phi) is 6.59. The van der Waals surface area contributed by atoms with Gasteiger partial charge in [0.25, 0.3) is 0 Å². The fourth-order valence-corrected chi connectivity index (χ4v) is 3.27. The molecule has 0 aliphatic carbocycles. The number of hydrogen-bond donors (Lipinski definition) is 2. The third-order valence-electron chi connectivity index (χ3n) is 4.80. The van der Waals surface area contributed by atoms with Crippen LogP contribution >= 0.6 is 0 Å². The van der Waals surface area contributed by atoms with Crippen LogP contribution in [0.2, 0.25) is 0 Å². The number of nitrogens with one attached hydrogen (secondary N) is 2. The number of piperidine rings is 1. The van der Waals surface area contributed by atoms with Crippen molar-refractivity contribution in [1.29, 1.82) is 0 Å². The Morgan fingerprint density at radius 2 is 1.59 bits per heavy atom. The first kappa shape index (κ1) is 19.1. The first-order valence-corrected chi connectivity index (χ1v) is 9.49. The zero-order valence-electron chi connectivity index (χ0n) is 15.8. The van der Waals surface area contributed by atoms with Gasteiger partial charge in [-0.1, -0.05) is 6.42 Å². The normalized spacial score (nSPS) is 14.7. The Labute approximate surface area is 159 Å². The second-order valence-corrected chi connectivity index (χ2v) is 6.96. The first-order chi connectivity index (χ1) is 13.1. The van der Waals surface area contributed by atoms with Crippen LogP contribution in [0.15, 0.2) is 36.5 Å². The molecule has 2 heterocycles. The van der Waals surface area contributed by atoms with E-state index in [-0.39, 0.29) is 11.8 Å². The number of hydrogen-bond acceptors (Lipinski definition) is 4. The van der Waals surface area contributed by atoms with Crippen molar-refractivity contribution >= 4 is 23.2 Å². The van der Waals surface area contributed by atoms with Gasteiger partial charge in [0.1, 0.15) is 0 Å². The molecule has 1 aromatic heterocycles. The molecule has 0 radical (unpaired) electrons. The van der Waals surface area contributed by atoms with Crippen LogP contribution in [-0.2, 0) is 23.1 Å². The summed E-state index contributed by atoms with van der Waals surface area (Å²) in [5.41, 5.74) is 2.49. The van der Waals surface area contributed by atoms with Crippen molar-refractivity contribution in [2.24, 2.45) is 7.05 Å². The average Bonchev–Trinajstić information content (AvgIpc) is 3.07. The Bertz CT molecular complexity index is 763. The number of anilines is 2. The van der Waals surface area contributed by atoms with E-state index >= 15 is 0 Å². The fraction of sp³-hybridized carbons (Fsp3) is 0.450. The Morgan fingerprint density at radius 1 is 0.963 bits per heavy atom. The average molecular weight is 369 g/mol. The molecule has 1 aliphatic heterocycles. The van der Waals surface area contributed by atoms with Crippen molar-refractivity contribution in [2.75, 3.05) is 30.3 Å². The molecule has 1 aliphatic rings. The molecular formula is C20H27N5O2. The molecule has 0 unspecified atom stereocenters. The molecule has 2 aromatic rings. The van der Waals surface area contributed by atoms with E-state index < -0.39 is 0 Å². The molecule has 3 rings (SSSR count). The number of aryl methyl sites for hydroxylation is 2. The first-order valence-electron chi connectivity index (χ1n) is 9.49. The van der Waals surface area contributed by atoms with Crippen LogP contribution in [0, 0.1) is 0 Å². The van der Waals surface area contributed by atoms with Gasteiger partial charge in [0.2, 0.25) is 11.8 Å². The van der Waals surface area contributed by atoms with Crippen molar-refractivity contribution in [3.8, 4) is 0 Å². The molecule has 1 fully saturated rings. The summed E-state index contributed by atoms with van der Waals surface area (Å²) >= 11 is 0. The summed E-state index contributed by atoms with van der Waals surface area (Å²) in [6, 6.07) is 9.14. The van der Waals surface area contributed by atoms with Crippen LogP contribution < -0.4 is 10.6 Å². The molecular weight excluding hydrogens is 342 g/mol. The number of carbonyl (C=O) groups is 2. The maximum atomic E-state index is 12.1. The Hall–Kier alpha value is -2.67. The summed E-state index contributed by atoms with van der Waals surface area (Å²) < 4.78 is 1.77. The van der Waals surface area contributed by atoms with Crippen LogP contribution in [0.1, 0.15) is 31.4 Å². The van der Waals surface area contributed by atoms with Gasteiger partial charge in [0, 0.05) is 36.7 Å². The Balaban J connectivity index is 1.43. The molecule has 7 nitrogen and oxygen atoms in total. The third kappa shape index (κ3) is 5.92. The molecule has 27 heavy (non-hydrogen) atoms. The molecule has 0 atom stereocenters. The van der Waals surface area contributed by atoms with E-state index in [1.54, 1.807) is 23.0 Å². The molecule has 2 amide bonds. The van der Waals surface area contributed by atoms with Gasteiger partial charge < -0.3 is 10.6 Å². The number of benzene rings is 1. The lowest BCUT2D eigenvalue weighted by Gasteiger charge is -2.25. The van der Waals surface area contributed by atoms with Crippen molar-refractivity contribution < 1.29 is 9.59 Å². The van der Waals surface area contributed by atoms with E-state index in [1.807, 2.05) is 25.2 Å². The van der Waals surface area contributed by atoms with E-state index in [0.717, 1.165) is 30.2 Å². The molecule has 1 saturated heterocycles. The van der Waals surface area contributed by atoms with E-state index in [9.17, 15) is 9.59 Å². The van der Waals surface area contributed by atoms with Gasteiger partial charge in [0.15, 0.2) is 0 Å². The van der Waals surface area contributed by atoms with Crippen LogP contribution in [0.5, 0.6) is 0 Å². The molecule has 0 spiro atoms. The quantitative estimate of drug-likeness (QED) is 0.786. The zero-order chi connectivity index (χ0) is 19.1. The lowest BCUT2D eigenvalue weighted by molar-refractivity contribution is -0.117. The van der Waals surface area contributed by atoms with Gasteiger partial charge in [-0.3, -0.25) is 19.2 Å². The topological polar surface area (TPSA) is 79.3 Å². The maximum absolute atomic E-state index is 12.1. The minimum absolute atomic E-state index is 0.00450. The number of carbonyl (C=O) groups excluding carboxylic acids is 2. The highest BCUT2D eigenvalue weighted by atomic mass is 16.2. The highest BCUT2D eigenvalue weighted by molar-refractivity contribution is 5.93. The van der Waals surface area contributed by atoms with Gasteiger partial charge in [0.05, 0.1) is 6.54 Å². The summed E-state index contributed by atoms with van der Waals surface area (Å²) in [5, 5.41) is 9.89. The zero-order valence-corrected chi connectivity index (χ0v) is 15.8. The summed E-state index contributed by atoms with van der Waals surface area (Å²) in [4.78, 5) is 26.4. The number of rotatable bonds is 7. The molecule has 2 N–H and O–H groups in total. The monoisotopic (exact) mass is 369 g/mol. The van der Waals surface area contributed by atoms with E-state index in [1.165, 1.54) is 19.3 Å². The largest absolute Gasteiger partial charge is 0.326 e. The lowest BCUT2D eigenvalue weighted by atomic mass is 10.1. The predicted molar refractivity (Wildman–Crippen MR) is 106 cm³/mol. The molecule has 144 valence electrons. The lowest BCUT2D eigenvalue weighted by Crippen LogP contribution is -2.36. The second-order valence-electron chi connectivity index (χ2n) is 6.96. The van der Waals surface area contributed by atoms with Gasteiger partial charge in [-0.2, -0.15) is 5.10 Å². The summed E-state index contributed by atoms with van der Waals surface area (Å²) in [6.45, 7) is 2.43. The molecule has 7 heteroatoms. The van der Waals surface area contributed by atoms with Crippen molar-refractivity contribution in [2.45, 2.75) is 32.1 Å². The van der Waals surface area contributed by atoms with E-state index in [2.05, 4.69) is 20.6 Å². The fourth-order valence-electron chi connectivity index (χ4n) is 3.27. The van der Waals surface area contributed by atoms with E-state index in [4.69, 9.17) is 0 Å². The minimum Gasteiger partial charge on any atom is -0.326 e. The SMILES string of the molecule is Cn1nccc1CCC(=O)Nc1ccc(NC(=O)CN2CCCCC2)cc1. The van der Waals surface area contributed by atoms with Crippen LogP contribution in [0.25, 0.3) is 0 Å². The van der Waals surface area contributed by atoms with Gasteiger partial charge >= 0.3 is 0 Å². The molecule has 0 bridgehead atoms. The number of amides is 2. The maximum Gasteiger partial charge on any atom is 0.238 e.